The fourth-order valence-electron chi connectivity index (χ4n) is 2.11. The summed E-state index contributed by atoms with van der Waals surface area (Å²) >= 11 is 0. The molecule has 0 aromatic heterocycles. The second-order valence-electron chi connectivity index (χ2n) is 4.54. The van der Waals surface area contributed by atoms with E-state index in [9.17, 15) is 18.0 Å². The first-order valence-corrected chi connectivity index (χ1v) is 6.24. The number of benzene rings is 1. The Hall–Kier alpha value is -1.72. The molecule has 0 spiro atoms. The van der Waals surface area contributed by atoms with Crippen molar-refractivity contribution in [3.8, 4) is 0 Å². The lowest BCUT2D eigenvalue weighted by molar-refractivity contribution is -0.130. The van der Waals surface area contributed by atoms with E-state index in [1.807, 2.05) is 0 Å². The molecule has 1 fully saturated rings. The van der Waals surface area contributed by atoms with Crippen molar-refractivity contribution in [3.05, 3.63) is 29.6 Å². The predicted molar refractivity (Wildman–Crippen MR) is 65.2 cm³/mol. The van der Waals surface area contributed by atoms with Crippen LogP contribution in [0, 0.1) is 17.5 Å². The zero-order chi connectivity index (χ0) is 13.8. The molecule has 0 radical (unpaired) electrons. The maximum absolute atomic E-state index is 13.3. The molecule has 3 nitrogen and oxygen atoms in total. The minimum Gasteiger partial charge on any atom is -0.374 e. The number of halogens is 3. The van der Waals surface area contributed by atoms with Gasteiger partial charge in [0, 0.05) is 25.2 Å². The zero-order valence-corrected chi connectivity index (χ0v) is 10.4. The SMILES string of the molecule is O=C(CNc1cc(F)cc(F)c1F)N1CCCCC1. The third-order valence-electron chi connectivity index (χ3n) is 3.13. The molecule has 1 aliphatic rings. The van der Waals surface area contributed by atoms with Crippen LogP contribution in [-0.2, 0) is 4.79 Å². The Labute approximate surface area is 109 Å². The van der Waals surface area contributed by atoms with Gasteiger partial charge in [0.15, 0.2) is 11.6 Å². The Morgan fingerprint density at radius 1 is 1.16 bits per heavy atom. The molecule has 1 amide bonds. The van der Waals surface area contributed by atoms with E-state index in [0.29, 0.717) is 19.2 Å². The lowest BCUT2D eigenvalue weighted by Crippen LogP contribution is -2.39. The highest BCUT2D eigenvalue weighted by Crippen LogP contribution is 2.19. The molecule has 0 saturated carbocycles. The number of likely N-dealkylation sites (tertiary alicyclic amines) is 1. The monoisotopic (exact) mass is 272 g/mol. The average molecular weight is 272 g/mol. The van der Waals surface area contributed by atoms with Crippen LogP contribution in [0.25, 0.3) is 0 Å². The van der Waals surface area contributed by atoms with Gasteiger partial charge in [-0.15, -0.1) is 0 Å². The van der Waals surface area contributed by atoms with Gasteiger partial charge in [-0.05, 0) is 19.3 Å². The van der Waals surface area contributed by atoms with Gasteiger partial charge in [0.05, 0.1) is 12.2 Å². The van der Waals surface area contributed by atoms with Gasteiger partial charge in [0.25, 0.3) is 0 Å². The second kappa shape index (κ2) is 5.95. The molecule has 0 unspecified atom stereocenters. The van der Waals surface area contributed by atoms with Crippen LogP contribution < -0.4 is 5.32 Å². The summed E-state index contributed by atoms with van der Waals surface area (Å²) in [5.74, 6) is -3.52. The summed E-state index contributed by atoms with van der Waals surface area (Å²) in [6.07, 6.45) is 3.00. The first-order valence-electron chi connectivity index (χ1n) is 6.24. The second-order valence-corrected chi connectivity index (χ2v) is 4.54. The van der Waals surface area contributed by atoms with Gasteiger partial charge >= 0.3 is 0 Å². The van der Waals surface area contributed by atoms with Crippen LogP contribution in [0.2, 0.25) is 0 Å². The van der Waals surface area contributed by atoms with Gasteiger partial charge < -0.3 is 10.2 Å². The average Bonchev–Trinajstić information content (AvgIpc) is 2.41. The largest absolute Gasteiger partial charge is 0.374 e. The highest BCUT2D eigenvalue weighted by molar-refractivity contribution is 5.81. The highest BCUT2D eigenvalue weighted by atomic mass is 19.2. The van der Waals surface area contributed by atoms with Gasteiger partial charge in [-0.1, -0.05) is 0 Å². The molecule has 0 bridgehead atoms. The van der Waals surface area contributed by atoms with Crippen molar-refractivity contribution in [2.75, 3.05) is 25.0 Å². The minimum atomic E-state index is -1.27. The van der Waals surface area contributed by atoms with Crippen LogP contribution in [-0.4, -0.2) is 30.4 Å². The molecule has 2 rings (SSSR count). The summed E-state index contributed by atoms with van der Waals surface area (Å²) in [5, 5.41) is 2.45. The van der Waals surface area contributed by atoms with Gasteiger partial charge in [-0.3, -0.25) is 4.79 Å². The number of hydrogen-bond donors (Lipinski definition) is 1. The van der Waals surface area contributed by atoms with Crippen molar-refractivity contribution in [1.82, 2.24) is 4.90 Å². The van der Waals surface area contributed by atoms with Crippen LogP contribution in [0.15, 0.2) is 12.1 Å². The number of nitrogens with zero attached hydrogens (tertiary/aromatic N) is 1. The van der Waals surface area contributed by atoms with Crippen LogP contribution in [0.1, 0.15) is 19.3 Å². The van der Waals surface area contributed by atoms with E-state index < -0.39 is 17.5 Å². The van der Waals surface area contributed by atoms with Gasteiger partial charge in [-0.25, -0.2) is 13.2 Å². The molecule has 0 aliphatic carbocycles. The third-order valence-corrected chi connectivity index (χ3v) is 3.13. The number of hydrogen-bond acceptors (Lipinski definition) is 2. The van der Waals surface area contributed by atoms with Crippen molar-refractivity contribution in [2.24, 2.45) is 0 Å². The van der Waals surface area contributed by atoms with E-state index in [1.165, 1.54) is 0 Å². The van der Waals surface area contributed by atoms with Crippen LogP contribution in [0.4, 0.5) is 18.9 Å². The number of rotatable bonds is 3. The van der Waals surface area contributed by atoms with Crippen LogP contribution >= 0.6 is 0 Å². The standard InChI is InChI=1S/C13H15F3N2O/c14-9-6-10(15)13(16)11(7-9)17-8-12(19)18-4-2-1-3-5-18/h6-7,17H,1-5,8H2. The molecule has 19 heavy (non-hydrogen) atoms. The minimum absolute atomic E-state index is 0.167. The lowest BCUT2D eigenvalue weighted by atomic mass is 10.1. The predicted octanol–water partition coefficient (Wildman–Crippen LogP) is 2.53. The molecule has 1 N–H and O–H groups in total. The maximum Gasteiger partial charge on any atom is 0.241 e. The molecule has 0 atom stereocenters. The van der Waals surface area contributed by atoms with Crippen LogP contribution in [0.5, 0.6) is 0 Å². The van der Waals surface area contributed by atoms with E-state index in [4.69, 9.17) is 0 Å². The van der Waals surface area contributed by atoms with Gasteiger partial charge in [-0.2, -0.15) is 0 Å². The van der Waals surface area contributed by atoms with Gasteiger partial charge in [0.2, 0.25) is 5.91 Å². The zero-order valence-electron chi connectivity index (χ0n) is 10.4. The maximum atomic E-state index is 13.3. The summed E-state index contributed by atoms with van der Waals surface area (Å²) in [4.78, 5) is 13.5. The van der Waals surface area contributed by atoms with Crippen molar-refractivity contribution in [3.63, 3.8) is 0 Å². The topological polar surface area (TPSA) is 32.3 Å². The van der Waals surface area contributed by atoms with E-state index in [1.54, 1.807) is 4.90 Å². The van der Waals surface area contributed by atoms with Crippen LogP contribution in [0.3, 0.4) is 0 Å². The van der Waals surface area contributed by atoms with E-state index in [0.717, 1.165) is 25.3 Å². The normalized spacial score (nSPS) is 15.4. The summed E-state index contributed by atoms with van der Waals surface area (Å²) in [6.45, 7) is 1.20. The summed E-state index contributed by atoms with van der Waals surface area (Å²) in [7, 11) is 0. The molecule has 1 heterocycles. The van der Waals surface area contributed by atoms with Crippen molar-refractivity contribution in [2.45, 2.75) is 19.3 Å². The van der Waals surface area contributed by atoms with E-state index >= 15 is 0 Å². The molecular formula is C13H15F3N2O. The molecule has 1 aromatic carbocycles. The first-order chi connectivity index (χ1) is 9.08. The third kappa shape index (κ3) is 3.39. The highest BCUT2D eigenvalue weighted by Gasteiger charge is 2.17. The van der Waals surface area contributed by atoms with E-state index in [-0.39, 0.29) is 18.1 Å². The summed E-state index contributed by atoms with van der Waals surface area (Å²) in [6, 6.07) is 1.30. The Kier molecular flexibility index (Phi) is 4.29. The molecule has 6 heteroatoms. The molecule has 1 aliphatic heterocycles. The fraction of sp³-hybridized carbons (Fsp3) is 0.462. The summed E-state index contributed by atoms with van der Waals surface area (Å²) in [5.41, 5.74) is -0.331. The van der Waals surface area contributed by atoms with E-state index in [2.05, 4.69) is 5.32 Å². The Morgan fingerprint density at radius 3 is 2.53 bits per heavy atom. The summed E-state index contributed by atoms with van der Waals surface area (Å²) < 4.78 is 39.3. The number of amides is 1. The van der Waals surface area contributed by atoms with Gasteiger partial charge in [0.1, 0.15) is 5.82 Å². The Morgan fingerprint density at radius 2 is 1.84 bits per heavy atom. The van der Waals surface area contributed by atoms with Crippen molar-refractivity contribution in [1.29, 1.82) is 0 Å². The molecule has 104 valence electrons. The quantitative estimate of drug-likeness (QED) is 0.858. The number of anilines is 1. The molecular weight excluding hydrogens is 257 g/mol. The molecule has 1 aromatic rings. The fourth-order valence-corrected chi connectivity index (χ4v) is 2.11. The van der Waals surface area contributed by atoms with Crippen molar-refractivity contribution < 1.29 is 18.0 Å². The number of piperidine rings is 1. The number of nitrogens with one attached hydrogen (secondary N) is 1. The Bertz CT molecular complexity index is 473. The number of carbonyl (C=O) groups is 1. The lowest BCUT2D eigenvalue weighted by Gasteiger charge is -2.26. The molecule has 1 saturated heterocycles. The smallest absolute Gasteiger partial charge is 0.241 e. The first kappa shape index (κ1) is 13.7. The number of carbonyl (C=O) groups excluding carboxylic acids is 1. The van der Waals surface area contributed by atoms with Crippen molar-refractivity contribution >= 4 is 11.6 Å². The Balaban J connectivity index is 1.96.